The van der Waals surface area contributed by atoms with Gasteiger partial charge in [0.15, 0.2) is 5.96 Å². The monoisotopic (exact) mass is 495 g/mol. The maximum atomic E-state index is 11.9. The number of rotatable bonds is 6. The Balaban J connectivity index is 0.00000364. The van der Waals surface area contributed by atoms with Crippen LogP contribution in [0.1, 0.15) is 53.9 Å². The van der Waals surface area contributed by atoms with Crippen LogP contribution in [-0.4, -0.2) is 78.8 Å². The molecule has 1 amide bonds. The molecular formula is C19H38IN5O2. The van der Waals surface area contributed by atoms with Gasteiger partial charge in [0.1, 0.15) is 5.60 Å². The Hall–Kier alpha value is -0.770. The normalized spacial score (nSPS) is 20.7. The SMILES string of the molecule is CN=C(NCCN(C(C)C)C1CC1)N1CC[C@@H](NC(=O)OC(C)(C)C)C1.I. The number of amides is 1. The predicted octanol–water partition coefficient (Wildman–Crippen LogP) is 2.65. The Morgan fingerprint density at radius 1 is 1.30 bits per heavy atom. The minimum atomic E-state index is -0.468. The highest BCUT2D eigenvalue weighted by Crippen LogP contribution is 2.27. The molecule has 0 aromatic heterocycles. The summed E-state index contributed by atoms with van der Waals surface area (Å²) in [7, 11) is 1.82. The van der Waals surface area contributed by atoms with Gasteiger partial charge in [-0.2, -0.15) is 0 Å². The molecule has 0 aromatic carbocycles. The molecule has 2 fully saturated rings. The van der Waals surface area contributed by atoms with Gasteiger partial charge in [-0.05, 0) is 53.9 Å². The van der Waals surface area contributed by atoms with Gasteiger partial charge in [-0.1, -0.05) is 0 Å². The molecule has 0 aromatic rings. The smallest absolute Gasteiger partial charge is 0.407 e. The predicted molar refractivity (Wildman–Crippen MR) is 121 cm³/mol. The molecular weight excluding hydrogens is 457 g/mol. The van der Waals surface area contributed by atoms with Gasteiger partial charge in [0, 0.05) is 45.3 Å². The van der Waals surface area contributed by atoms with E-state index in [1.165, 1.54) is 12.8 Å². The minimum Gasteiger partial charge on any atom is -0.444 e. The van der Waals surface area contributed by atoms with E-state index in [9.17, 15) is 4.79 Å². The molecule has 0 spiro atoms. The highest BCUT2D eigenvalue weighted by atomic mass is 127. The van der Waals surface area contributed by atoms with Crippen LogP contribution in [0.15, 0.2) is 4.99 Å². The number of guanidine groups is 1. The number of carbonyl (C=O) groups is 1. The lowest BCUT2D eigenvalue weighted by Crippen LogP contribution is -2.46. The third-order valence-corrected chi connectivity index (χ3v) is 4.75. The number of alkyl carbamates (subject to hydrolysis) is 1. The number of ether oxygens (including phenoxy) is 1. The fraction of sp³-hybridized carbons (Fsp3) is 0.895. The summed E-state index contributed by atoms with van der Waals surface area (Å²) >= 11 is 0. The topological polar surface area (TPSA) is 69.2 Å². The largest absolute Gasteiger partial charge is 0.444 e. The van der Waals surface area contributed by atoms with Crippen molar-refractivity contribution in [3.63, 3.8) is 0 Å². The molecule has 0 radical (unpaired) electrons. The van der Waals surface area contributed by atoms with E-state index in [2.05, 4.69) is 39.3 Å². The highest BCUT2D eigenvalue weighted by molar-refractivity contribution is 14.0. The zero-order valence-electron chi connectivity index (χ0n) is 17.7. The van der Waals surface area contributed by atoms with E-state index in [0.717, 1.165) is 44.6 Å². The van der Waals surface area contributed by atoms with Crippen LogP contribution in [0.2, 0.25) is 0 Å². The van der Waals surface area contributed by atoms with Crippen LogP contribution in [0.4, 0.5) is 4.79 Å². The quantitative estimate of drug-likeness (QED) is 0.337. The lowest BCUT2D eigenvalue weighted by molar-refractivity contribution is 0.0507. The fourth-order valence-electron chi connectivity index (χ4n) is 3.44. The van der Waals surface area contributed by atoms with Crippen LogP contribution in [0, 0.1) is 0 Å². The van der Waals surface area contributed by atoms with Gasteiger partial charge in [-0.25, -0.2) is 4.79 Å². The van der Waals surface area contributed by atoms with E-state index in [1.54, 1.807) is 0 Å². The molecule has 1 saturated carbocycles. The Labute approximate surface area is 181 Å². The second kappa shape index (κ2) is 10.7. The minimum absolute atomic E-state index is 0. The Morgan fingerprint density at radius 2 is 1.96 bits per heavy atom. The van der Waals surface area contributed by atoms with E-state index in [0.29, 0.717) is 6.04 Å². The first kappa shape index (κ1) is 24.3. The third-order valence-electron chi connectivity index (χ3n) is 4.75. The molecule has 1 heterocycles. The van der Waals surface area contributed by atoms with Crippen molar-refractivity contribution in [3.05, 3.63) is 0 Å². The van der Waals surface area contributed by atoms with Crippen molar-refractivity contribution in [2.75, 3.05) is 33.2 Å². The van der Waals surface area contributed by atoms with Crippen LogP contribution in [0.5, 0.6) is 0 Å². The van der Waals surface area contributed by atoms with Crippen LogP contribution >= 0.6 is 24.0 Å². The number of carbonyl (C=O) groups excluding carboxylic acids is 1. The van der Waals surface area contributed by atoms with E-state index < -0.39 is 5.60 Å². The standard InChI is InChI=1S/C19H37N5O2.HI/c1-14(2)24(16-7-8-16)12-10-21-17(20-6)23-11-9-15(13-23)22-18(25)26-19(3,4)5;/h14-16H,7-13H2,1-6H3,(H,20,21)(H,22,25);1H/t15-;/m1./s1. The third kappa shape index (κ3) is 8.41. The number of hydrogen-bond donors (Lipinski definition) is 2. The summed E-state index contributed by atoms with van der Waals surface area (Å²) in [4.78, 5) is 21.1. The maximum Gasteiger partial charge on any atom is 0.407 e. The molecule has 7 nitrogen and oxygen atoms in total. The Kier molecular flexibility index (Phi) is 9.61. The number of nitrogens with zero attached hydrogens (tertiary/aromatic N) is 3. The van der Waals surface area contributed by atoms with E-state index in [4.69, 9.17) is 4.74 Å². The van der Waals surface area contributed by atoms with Crippen molar-refractivity contribution in [2.45, 2.75) is 77.6 Å². The Bertz CT molecular complexity index is 501. The van der Waals surface area contributed by atoms with E-state index in [-0.39, 0.29) is 36.1 Å². The molecule has 1 aliphatic heterocycles. The second-order valence-electron chi connectivity index (χ2n) is 8.61. The molecule has 1 saturated heterocycles. The molecule has 8 heteroatoms. The van der Waals surface area contributed by atoms with Gasteiger partial charge in [-0.15, -0.1) is 24.0 Å². The number of nitrogens with one attached hydrogen (secondary N) is 2. The molecule has 2 N–H and O–H groups in total. The zero-order chi connectivity index (χ0) is 19.3. The average Bonchev–Trinajstić information content (AvgIpc) is 3.25. The van der Waals surface area contributed by atoms with Crippen molar-refractivity contribution in [3.8, 4) is 0 Å². The fourth-order valence-corrected chi connectivity index (χ4v) is 3.44. The lowest BCUT2D eigenvalue weighted by atomic mass is 10.2. The molecule has 27 heavy (non-hydrogen) atoms. The van der Waals surface area contributed by atoms with Crippen LogP contribution in [0.3, 0.4) is 0 Å². The summed E-state index contributed by atoms with van der Waals surface area (Å²) in [5, 5.41) is 6.44. The van der Waals surface area contributed by atoms with Crippen LogP contribution < -0.4 is 10.6 Å². The van der Waals surface area contributed by atoms with E-state index >= 15 is 0 Å². The van der Waals surface area contributed by atoms with Gasteiger partial charge >= 0.3 is 6.09 Å². The van der Waals surface area contributed by atoms with Crippen LogP contribution in [-0.2, 0) is 4.74 Å². The van der Waals surface area contributed by atoms with Gasteiger partial charge in [0.05, 0.1) is 6.04 Å². The molecule has 2 rings (SSSR count). The van der Waals surface area contributed by atoms with Gasteiger partial charge in [-0.3, -0.25) is 9.89 Å². The average molecular weight is 495 g/mol. The molecule has 1 atom stereocenters. The molecule has 0 unspecified atom stereocenters. The first-order chi connectivity index (χ1) is 12.2. The molecule has 0 bridgehead atoms. The summed E-state index contributed by atoms with van der Waals surface area (Å²) in [5.41, 5.74) is -0.468. The number of aliphatic imine (C=N–C) groups is 1. The first-order valence-electron chi connectivity index (χ1n) is 9.90. The van der Waals surface area contributed by atoms with E-state index in [1.807, 2.05) is 27.8 Å². The van der Waals surface area contributed by atoms with Crippen LogP contribution in [0.25, 0.3) is 0 Å². The lowest BCUT2D eigenvalue weighted by Gasteiger charge is -2.28. The number of hydrogen-bond acceptors (Lipinski definition) is 4. The number of likely N-dealkylation sites (tertiary alicyclic amines) is 1. The molecule has 158 valence electrons. The summed E-state index contributed by atoms with van der Waals surface area (Å²) in [6, 6.07) is 1.45. The highest BCUT2D eigenvalue weighted by Gasteiger charge is 2.31. The van der Waals surface area contributed by atoms with Gasteiger partial charge < -0.3 is 20.3 Å². The van der Waals surface area contributed by atoms with Gasteiger partial charge in [0.25, 0.3) is 0 Å². The van der Waals surface area contributed by atoms with Gasteiger partial charge in [0.2, 0.25) is 0 Å². The maximum absolute atomic E-state index is 11.9. The van der Waals surface area contributed by atoms with Crippen molar-refractivity contribution in [2.24, 2.45) is 4.99 Å². The molecule has 2 aliphatic rings. The number of halogens is 1. The summed E-state index contributed by atoms with van der Waals surface area (Å²) < 4.78 is 5.34. The Morgan fingerprint density at radius 3 is 2.48 bits per heavy atom. The summed E-state index contributed by atoms with van der Waals surface area (Å²) in [6.07, 6.45) is 3.22. The summed E-state index contributed by atoms with van der Waals surface area (Å²) in [5.74, 6) is 0.915. The van der Waals surface area contributed by atoms with Crippen molar-refractivity contribution in [1.82, 2.24) is 20.4 Å². The zero-order valence-corrected chi connectivity index (χ0v) is 20.1. The van der Waals surface area contributed by atoms with Crippen molar-refractivity contribution < 1.29 is 9.53 Å². The van der Waals surface area contributed by atoms with Crippen molar-refractivity contribution >= 4 is 36.0 Å². The first-order valence-corrected chi connectivity index (χ1v) is 9.90. The second-order valence-corrected chi connectivity index (χ2v) is 8.61. The molecule has 1 aliphatic carbocycles. The van der Waals surface area contributed by atoms with Crippen molar-refractivity contribution in [1.29, 1.82) is 0 Å². The summed E-state index contributed by atoms with van der Waals surface area (Å²) in [6.45, 7) is 13.7.